The van der Waals surface area contributed by atoms with Crippen molar-refractivity contribution >= 4 is 5.97 Å². The van der Waals surface area contributed by atoms with Gasteiger partial charge in [0.1, 0.15) is 6.10 Å². The number of cyclic esters (lactones) is 1. The molecule has 1 aromatic carbocycles. The van der Waals surface area contributed by atoms with E-state index < -0.39 is 18.4 Å². The van der Waals surface area contributed by atoms with Gasteiger partial charge in [0.25, 0.3) is 0 Å². The summed E-state index contributed by atoms with van der Waals surface area (Å²) in [6.07, 6.45) is -1.75. The molecule has 0 aromatic heterocycles. The van der Waals surface area contributed by atoms with Gasteiger partial charge >= 0.3 is 5.97 Å². The molecule has 0 aliphatic carbocycles. The maximum atomic E-state index is 11.4. The van der Waals surface area contributed by atoms with Gasteiger partial charge in [-0.05, 0) is 6.07 Å². The molecule has 0 spiro atoms. The van der Waals surface area contributed by atoms with Gasteiger partial charge in [-0.2, -0.15) is 0 Å². The fourth-order valence-corrected chi connectivity index (χ4v) is 1.49. The van der Waals surface area contributed by atoms with Crippen LogP contribution in [0.15, 0.2) is 24.3 Å². The Morgan fingerprint density at radius 3 is 2.94 bits per heavy atom. The first kappa shape index (κ1) is 11.1. The van der Waals surface area contributed by atoms with Gasteiger partial charge in [0.05, 0.1) is 18.8 Å². The molecule has 0 radical (unpaired) electrons. The van der Waals surface area contributed by atoms with Crippen LogP contribution in [-0.2, 0) is 9.47 Å². The van der Waals surface area contributed by atoms with E-state index in [1.807, 2.05) is 0 Å². The van der Waals surface area contributed by atoms with Crippen molar-refractivity contribution in [2.75, 3.05) is 13.2 Å². The zero-order chi connectivity index (χ0) is 11.5. The fraction of sp³-hybridized carbons (Fsp3) is 0.364. The molecule has 0 bridgehead atoms. The third kappa shape index (κ3) is 2.06. The van der Waals surface area contributed by atoms with E-state index in [2.05, 4.69) is 0 Å². The van der Waals surface area contributed by atoms with Crippen molar-refractivity contribution in [1.82, 2.24) is 0 Å². The number of hydrogen-bond donors (Lipinski definition) is 2. The zero-order valence-corrected chi connectivity index (χ0v) is 8.50. The Bertz CT molecular complexity index is 390. The highest BCUT2D eigenvalue weighted by atomic mass is 16.7. The molecular formula is C11H12O5. The van der Waals surface area contributed by atoms with Crippen molar-refractivity contribution in [2.45, 2.75) is 12.4 Å². The Kier molecular flexibility index (Phi) is 3.19. The second-order valence-electron chi connectivity index (χ2n) is 3.49. The Morgan fingerprint density at radius 2 is 2.19 bits per heavy atom. The first-order valence-corrected chi connectivity index (χ1v) is 4.93. The van der Waals surface area contributed by atoms with Crippen LogP contribution in [0, 0.1) is 0 Å². The van der Waals surface area contributed by atoms with Crippen molar-refractivity contribution < 1.29 is 24.5 Å². The largest absolute Gasteiger partial charge is 0.428 e. The summed E-state index contributed by atoms with van der Waals surface area (Å²) in [5.41, 5.74) is 1.13. The molecule has 0 amide bonds. The van der Waals surface area contributed by atoms with Crippen molar-refractivity contribution in [2.24, 2.45) is 0 Å². The maximum absolute atomic E-state index is 11.4. The topological polar surface area (TPSA) is 76.0 Å². The highest BCUT2D eigenvalue weighted by Crippen LogP contribution is 2.31. The van der Waals surface area contributed by atoms with Crippen LogP contribution in [0.4, 0.5) is 0 Å². The first-order chi connectivity index (χ1) is 7.72. The van der Waals surface area contributed by atoms with E-state index in [0.29, 0.717) is 11.1 Å². The maximum Gasteiger partial charge on any atom is 0.341 e. The lowest BCUT2D eigenvalue weighted by Gasteiger charge is -2.14. The fourth-order valence-electron chi connectivity index (χ4n) is 1.49. The molecule has 1 heterocycles. The number of carbonyl (C=O) groups is 1. The van der Waals surface area contributed by atoms with Crippen molar-refractivity contribution in [3.8, 4) is 0 Å². The summed E-state index contributed by atoms with van der Waals surface area (Å²) in [7, 11) is 0. The summed E-state index contributed by atoms with van der Waals surface area (Å²) < 4.78 is 10.2. The number of benzene rings is 1. The van der Waals surface area contributed by atoms with Crippen LogP contribution in [0.3, 0.4) is 0 Å². The predicted octanol–water partition coefficient (Wildman–Crippen LogP) is 0.225. The molecule has 2 N–H and O–H groups in total. The quantitative estimate of drug-likeness (QED) is 0.716. The number of esters is 1. The third-order valence-corrected chi connectivity index (χ3v) is 2.30. The molecule has 16 heavy (non-hydrogen) atoms. The summed E-state index contributed by atoms with van der Waals surface area (Å²) in [6.45, 7) is -0.467. The van der Waals surface area contributed by atoms with Crippen LogP contribution in [0.2, 0.25) is 0 Å². The number of rotatable bonds is 4. The van der Waals surface area contributed by atoms with E-state index in [1.165, 1.54) is 0 Å². The van der Waals surface area contributed by atoms with Crippen LogP contribution >= 0.6 is 0 Å². The van der Waals surface area contributed by atoms with Gasteiger partial charge < -0.3 is 19.7 Å². The monoisotopic (exact) mass is 224 g/mol. The molecule has 2 atom stereocenters. The molecule has 0 saturated carbocycles. The Labute approximate surface area is 92.2 Å². The van der Waals surface area contributed by atoms with Gasteiger partial charge in [-0.15, -0.1) is 0 Å². The molecule has 1 aromatic rings. The van der Waals surface area contributed by atoms with Crippen LogP contribution in [-0.4, -0.2) is 35.5 Å². The summed E-state index contributed by atoms with van der Waals surface area (Å²) in [5, 5.41) is 17.7. The molecule has 2 rings (SSSR count). The second kappa shape index (κ2) is 4.61. The molecule has 5 heteroatoms. The Hall–Kier alpha value is -1.43. The lowest BCUT2D eigenvalue weighted by atomic mass is 10.1. The zero-order valence-electron chi connectivity index (χ0n) is 8.50. The lowest BCUT2D eigenvalue weighted by Crippen LogP contribution is -2.21. The lowest BCUT2D eigenvalue weighted by molar-refractivity contribution is -0.128. The standard InChI is InChI=1S/C11H12O5/c12-5-7(13)6-15-11-9-4-2-1-3-8(9)10(14)16-11/h1-4,7,11-13H,5-6H2. The van der Waals surface area contributed by atoms with Crippen molar-refractivity contribution in [1.29, 1.82) is 0 Å². The number of hydrogen-bond acceptors (Lipinski definition) is 5. The van der Waals surface area contributed by atoms with Crippen LogP contribution < -0.4 is 0 Å². The Morgan fingerprint density at radius 1 is 1.44 bits per heavy atom. The number of ether oxygens (including phenoxy) is 2. The summed E-state index contributed by atoms with van der Waals surface area (Å²) >= 11 is 0. The van der Waals surface area contributed by atoms with E-state index >= 15 is 0 Å². The number of carbonyl (C=O) groups excluding carboxylic acids is 1. The van der Waals surface area contributed by atoms with Gasteiger partial charge in [0.15, 0.2) is 0 Å². The summed E-state index contributed by atoms with van der Waals surface area (Å²) in [4.78, 5) is 11.4. The number of aliphatic hydroxyl groups excluding tert-OH is 2. The predicted molar refractivity (Wildman–Crippen MR) is 53.6 cm³/mol. The molecule has 1 aliphatic heterocycles. The molecule has 2 unspecified atom stereocenters. The van der Waals surface area contributed by atoms with E-state index in [0.717, 1.165) is 0 Å². The van der Waals surface area contributed by atoms with E-state index in [1.54, 1.807) is 24.3 Å². The molecule has 0 saturated heterocycles. The molecular weight excluding hydrogens is 212 g/mol. The Balaban J connectivity index is 2.06. The van der Waals surface area contributed by atoms with Gasteiger partial charge in [0.2, 0.25) is 6.29 Å². The molecule has 0 fully saturated rings. The number of aliphatic hydroxyl groups is 2. The molecule has 86 valence electrons. The van der Waals surface area contributed by atoms with Crippen molar-refractivity contribution in [3.05, 3.63) is 35.4 Å². The number of fused-ring (bicyclic) bond motifs is 1. The minimum absolute atomic E-state index is 0.0806. The SMILES string of the molecule is O=C1OC(OCC(O)CO)c2ccccc21. The van der Waals surface area contributed by atoms with Crippen LogP contribution in [0.5, 0.6) is 0 Å². The van der Waals surface area contributed by atoms with E-state index in [9.17, 15) is 4.79 Å². The molecule has 5 nitrogen and oxygen atoms in total. The smallest absolute Gasteiger partial charge is 0.341 e. The van der Waals surface area contributed by atoms with Gasteiger partial charge in [-0.3, -0.25) is 0 Å². The minimum atomic E-state index is -0.966. The third-order valence-electron chi connectivity index (χ3n) is 2.30. The van der Waals surface area contributed by atoms with Crippen LogP contribution in [0.25, 0.3) is 0 Å². The first-order valence-electron chi connectivity index (χ1n) is 4.93. The highest BCUT2D eigenvalue weighted by Gasteiger charge is 2.31. The molecule has 1 aliphatic rings. The van der Waals surface area contributed by atoms with Crippen LogP contribution in [0.1, 0.15) is 22.2 Å². The average Bonchev–Trinajstić information content (AvgIpc) is 2.64. The average molecular weight is 224 g/mol. The normalized spacial score (nSPS) is 20.4. The van der Waals surface area contributed by atoms with Gasteiger partial charge in [-0.1, -0.05) is 18.2 Å². The van der Waals surface area contributed by atoms with E-state index in [4.69, 9.17) is 19.7 Å². The summed E-state index contributed by atoms with van der Waals surface area (Å²) in [6, 6.07) is 6.91. The van der Waals surface area contributed by atoms with Crippen molar-refractivity contribution in [3.63, 3.8) is 0 Å². The summed E-state index contributed by atoms with van der Waals surface area (Å²) in [5.74, 6) is -0.431. The minimum Gasteiger partial charge on any atom is -0.428 e. The van der Waals surface area contributed by atoms with Gasteiger partial charge in [0, 0.05) is 5.56 Å². The van der Waals surface area contributed by atoms with Gasteiger partial charge in [-0.25, -0.2) is 4.79 Å². The second-order valence-corrected chi connectivity index (χ2v) is 3.49. The van der Waals surface area contributed by atoms with E-state index in [-0.39, 0.29) is 13.2 Å². The highest BCUT2D eigenvalue weighted by molar-refractivity contribution is 5.93.